The van der Waals surface area contributed by atoms with Gasteiger partial charge in [-0.25, -0.2) is 0 Å². The van der Waals surface area contributed by atoms with Crippen molar-refractivity contribution in [2.24, 2.45) is 0 Å². The molecule has 0 N–H and O–H groups in total. The quantitative estimate of drug-likeness (QED) is 0.174. The molecule has 4 nitrogen and oxygen atoms in total. The Balaban J connectivity index is 1.33. The van der Waals surface area contributed by atoms with Crippen LogP contribution in [0.15, 0.2) is 181 Å². The van der Waals surface area contributed by atoms with Crippen molar-refractivity contribution in [1.29, 1.82) is 0 Å². The first-order valence-electron chi connectivity index (χ1n) is 17.2. The zero-order valence-corrected chi connectivity index (χ0v) is 30.6. The third-order valence-electron chi connectivity index (χ3n) is 11.3. The van der Waals surface area contributed by atoms with Crippen LogP contribution < -0.4 is 10.7 Å². The van der Waals surface area contributed by atoms with E-state index in [0.29, 0.717) is 0 Å². The van der Waals surface area contributed by atoms with Crippen molar-refractivity contribution in [3.63, 3.8) is 0 Å². The molecule has 230 valence electrons. The van der Waals surface area contributed by atoms with Crippen LogP contribution in [0.1, 0.15) is 46.5 Å². The summed E-state index contributed by atoms with van der Waals surface area (Å²) in [5, 5.41) is 2.70. The molecule has 4 aromatic carbocycles. The first-order chi connectivity index (χ1) is 24.4. The molecule has 0 fully saturated rings. The van der Waals surface area contributed by atoms with Crippen LogP contribution in [-0.4, -0.2) is 32.5 Å². The fraction of sp³-hybridized carbons (Fsp3) is 0.0455. The molecule has 0 amide bonds. The second-order valence-corrected chi connectivity index (χ2v) is 25.2. The molecular formula is C44H30N4Pb. The van der Waals surface area contributed by atoms with Crippen LogP contribution in [0.3, 0.4) is 0 Å². The molecule has 0 saturated heterocycles. The predicted molar refractivity (Wildman–Crippen MR) is 197 cm³/mol. The van der Waals surface area contributed by atoms with E-state index in [1.165, 1.54) is 89.4 Å². The molecule has 0 aliphatic carbocycles. The van der Waals surface area contributed by atoms with Crippen molar-refractivity contribution >= 4 is 44.7 Å². The Morgan fingerprint density at radius 1 is 0.367 bits per heavy atom. The molecule has 0 atom stereocenters. The van der Waals surface area contributed by atoms with Gasteiger partial charge in [-0.15, -0.1) is 0 Å². The van der Waals surface area contributed by atoms with Crippen LogP contribution in [0.2, 0.25) is 0 Å². The second kappa shape index (κ2) is 9.42. The van der Waals surface area contributed by atoms with Gasteiger partial charge in [0, 0.05) is 0 Å². The summed E-state index contributed by atoms with van der Waals surface area (Å²) >= 11 is -4.46. The van der Waals surface area contributed by atoms with Crippen LogP contribution in [0.4, 0.5) is 0 Å². The SMILES string of the molecule is C1=C2C(c3ccccc3)=c3ccc4[n]3[Pb]35[N]2C(=C(c2ccccc2)c2ccc([n]23)C(c2ccccc2)=C2CC=C(C=4c3ccccc3)[N]25)C1. The molecule has 1 spiro atoms. The van der Waals surface area contributed by atoms with Crippen molar-refractivity contribution < 1.29 is 0 Å². The van der Waals surface area contributed by atoms with Crippen molar-refractivity contribution in [3.8, 4) is 0 Å². The van der Waals surface area contributed by atoms with Crippen LogP contribution in [0, 0.1) is 0 Å². The Bertz CT molecular complexity index is 2510. The van der Waals surface area contributed by atoms with Crippen LogP contribution in [0.25, 0.3) is 22.3 Å². The summed E-state index contributed by atoms with van der Waals surface area (Å²) in [7, 11) is 0. The third-order valence-corrected chi connectivity index (χ3v) is 28.4. The van der Waals surface area contributed by atoms with Gasteiger partial charge in [-0.1, -0.05) is 0 Å². The Labute approximate surface area is 290 Å². The van der Waals surface area contributed by atoms with E-state index in [1.54, 1.807) is 0 Å². The maximum atomic E-state index is 2.94. The zero-order chi connectivity index (χ0) is 31.8. The third kappa shape index (κ3) is 3.11. The van der Waals surface area contributed by atoms with E-state index in [-0.39, 0.29) is 0 Å². The molecule has 6 aromatic rings. The summed E-state index contributed by atoms with van der Waals surface area (Å²) < 4.78 is 11.7. The molecule has 12 rings (SSSR count). The first-order valence-corrected chi connectivity index (χ1v) is 24.2. The molecule has 0 unspecified atom stereocenters. The van der Waals surface area contributed by atoms with E-state index in [2.05, 4.69) is 168 Å². The monoisotopic (exact) mass is 822 g/mol. The summed E-state index contributed by atoms with van der Waals surface area (Å²) in [6.07, 6.45) is 6.93. The maximum absolute atomic E-state index is 4.46. The fourth-order valence-corrected chi connectivity index (χ4v) is 30.8. The van der Waals surface area contributed by atoms with E-state index in [4.69, 9.17) is 0 Å². The molecule has 8 heterocycles. The van der Waals surface area contributed by atoms with Gasteiger partial charge in [0.15, 0.2) is 0 Å². The number of benzene rings is 4. The molecular weight excluding hydrogens is 792 g/mol. The van der Waals surface area contributed by atoms with Gasteiger partial charge in [0.25, 0.3) is 0 Å². The van der Waals surface area contributed by atoms with Gasteiger partial charge >= 0.3 is 293 Å². The Morgan fingerprint density at radius 3 is 1.12 bits per heavy atom. The molecule has 0 saturated carbocycles. The standard InChI is InChI=1S/C44H30N4.Pb/c1-5-13-29(14-6-1)41-33-21-23-35(45-33)42(30-15-7-2-8-16-30)37-25-27-39(47-37)44(32-19-11-4-12-20-32)40-28-26-38(48-40)43(31-17-9-3-10-18-31)36-24-22-34(41)46-36;/h1-23,25-26,28H,24,27H2;/q-4;+4. The molecule has 6 aliphatic rings. The molecule has 5 heteroatoms. The summed E-state index contributed by atoms with van der Waals surface area (Å²) in [6.45, 7) is 0. The fourth-order valence-electron chi connectivity index (χ4n) is 9.68. The van der Waals surface area contributed by atoms with Crippen molar-refractivity contribution in [3.05, 3.63) is 225 Å². The summed E-state index contributed by atoms with van der Waals surface area (Å²) in [4.78, 5) is 0. The minimum absolute atomic E-state index is 0.922. The Hall–Kier alpha value is -5.34. The van der Waals surface area contributed by atoms with E-state index in [9.17, 15) is 0 Å². The van der Waals surface area contributed by atoms with E-state index in [0.717, 1.165) is 12.8 Å². The topological polar surface area (TPSA) is 16.3 Å². The summed E-state index contributed by atoms with van der Waals surface area (Å²) in [6, 6.07) is 54.2. The number of hydrogen-bond donors (Lipinski definition) is 0. The van der Waals surface area contributed by atoms with Crippen LogP contribution in [0.5, 0.6) is 0 Å². The first kappa shape index (κ1) is 26.6. The van der Waals surface area contributed by atoms with E-state index in [1.807, 2.05) is 0 Å². The molecule has 6 aliphatic heterocycles. The van der Waals surface area contributed by atoms with E-state index < -0.39 is 22.4 Å². The van der Waals surface area contributed by atoms with E-state index >= 15 is 0 Å². The Morgan fingerprint density at radius 2 is 0.735 bits per heavy atom. The van der Waals surface area contributed by atoms with Gasteiger partial charge in [-0.3, -0.25) is 0 Å². The molecule has 49 heavy (non-hydrogen) atoms. The number of rotatable bonds is 4. The van der Waals surface area contributed by atoms with Crippen molar-refractivity contribution in [2.45, 2.75) is 12.8 Å². The predicted octanol–water partition coefficient (Wildman–Crippen LogP) is 7.27. The summed E-state index contributed by atoms with van der Waals surface area (Å²) in [5.74, 6) is 0. The van der Waals surface area contributed by atoms with Gasteiger partial charge in [0.1, 0.15) is 0 Å². The van der Waals surface area contributed by atoms with Crippen molar-refractivity contribution in [1.82, 2.24) is 10.2 Å². The van der Waals surface area contributed by atoms with Gasteiger partial charge in [-0.05, 0) is 0 Å². The van der Waals surface area contributed by atoms with Gasteiger partial charge < -0.3 is 0 Å². The van der Waals surface area contributed by atoms with Crippen LogP contribution in [-0.2, 0) is 0 Å². The average Bonchev–Trinajstić information content (AvgIpc) is 3.99. The number of hydrogen-bond acceptors (Lipinski definition) is 2. The average molecular weight is 822 g/mol. The minimum atomic E-state index is -4.46. The molecule has 0 radical (unpaired) electrons. The number of allylic oxidation sites excluding steroid dienone is 4. The van der Waals surface area contributed by atoms with Gasteiger partial charge in [-0.2, -0.15) is 0 Å². The Kier molecular flexibility index (Phi) is 5.11. The van der Waals surface area contributed by atoms with Gasteiger partial charge in [0.05, 0.1) is 0 Å². The second-order valence-electron chi connectivity index (χ2n) is 13.6. The molecule has 0 bridgehead atoms. The van der Waals surface area contributed by atoms with Crippen molar-refractivity contribution in [2.75, 3.05) is 0 Å². The normalized spacial score (nSPS) is 18.5. The van der Waals surface area contributed by atoms with Crippen LogP contribution >= 0.6 is 0 Å². The van der Waals surface area contributed by atoms with Gasteiger partial charge in [0.2, 0.25) is 0 Å². The number of nitrogens with zero attached hydrogens (tertiary/aromatic N) is 4. The molecule has 2 aromatic heterocycles. The number of aromatic nitrogens is 2. The summed E-state index contributed by atoms with van der Waals surface area (Å²) in [5.41, 5.74) is 19.0. The zero-order valence-electron chi connectivity index (χ0n) is 26.7.